The fourth-order valence-electron chi connectivity index (χ4n) is 3.31. The van der Waals surface area contributed by atoms with Crippen molar-refractivity contribution < 1.29 is 14.3 Å². The van der Waals surface area contributed by atoms with Gasteiger partial charge in [-0.25, -0.2) is 9.48 Å². The molecule has 0 aliphatic carbocycles. The summed E-state index contributed by atoms with van der Waals surface area (Å²) in [6, 6.07) is 1.03. The average molecular weight is 347 g/mol. The summed E-state index contributed by atoms with van der Waals surface area (Å²) in [7, 11) is 1.65. The first kappa shape index (κ1) is 17.5. The average Bonchev–Trinajstić information content (AvgIpc) is 3.32. The van der Waals surface area contributed by atoms with E-state index < -0.39 is 6.04 Å². The summed E-state index contributed by atoms with van der Waals surface area (Å²) in [5.74, 6) is 1.02. The van der Waals surface area contributed by atoms with Gasteiger partial charge in [0.25, 0.3) is 0 Å². The van der Waals surface area contributed by atoms with Crippen LogP contribution in [0.2, 0.25) is 0 Å². The van der Waals surface area contributed by atoms with Crippen molar-refractivity contribution in [2.24, 2.45) is 5.92 Å². The molecule has 3 rings (SSSR count). The first-order valence-corrected chi connectivity index (χ1v) is 8.63. The number of nitrogens with zero attached hydrogens (tertiary/aromatic N) is 4. The molecule has 3 heterocycles. The van der Waals surface area contributed by atoms with Crippen molar-refractivity contribution in [1.29, 1.82) is 0 Å². The molecule has 25 heavy (non-hydrogen) atoms. The van der Waals surface area contributed by atoms with E-state index in [2.05, 4.69) is 17.0 Å². The molecule has 0 spiro atoms. The molecule has 1 aromatic heterocycles. The fourth-order valence-corrected chi connectivity index (χ4v) is 3.31. The van der Waals surface area contributed by atoms with Crippen molar-refractivity contribution in [2.75, 3.05) is 38.7 Å². The molecule has 0 bridgehead atoms. The van der Waals surface area contributed by atoms with Crippen molar-refractivity contribution in [2.45, 2.75) is 25.4 Å². The molecular weight excluding hydrogens is 322 g/mol. The van der Waals surface area contributed by atoms with Crippen LogP contribution in [0.5, 0.6) is 0 Å². The second-order valence-electron chi connectivity index (χ2n) is 6.55. The molecule has 3 amide bonds. The number of rotatable bonds is 6. The van der Waals surface area contributed by atoms with E-state index in [0.717, 1.165) is 19.6 Å². The number of urea groups is 1. The lowest BCUT2D eigenvalue weighted by Gasteiger charge is -2.24. The van der Waals surface area contributed by atoms with E-state index in [1.807, 2.05) is 0 Å². The molecule has 2 saturated heterocycles. The third-order valence-corrected chi connectivity index (χ3v) is 4.81. The Morgan fingerprint density at radius 2 is 2.40 bits per heavy atom. The minimum Gasteiger partial charge on any atom is -0.381 e. The molecule has 2 aliphatic rings. The third kappa shape index (κ3) is 3.84. The summed E-state index contributed by atoms with van der Waals surface area (Å²) in [5.41, 5.74) is 0. The number of aromatic nitrogens is 2. The molecule has 0 aromatic carbocycles. The van der Waals surface area contributed by atoms with Crippen molar-refractivity contribution in [3.05, 3.63) is 24.9 Å². The third-order valence-electron chi connectivity index (χ3n) is 4.81. The van der Waals surface area contributed by atoms with Crippen molar-refractivity contribution >= 4 is 17.8 Å². The van der Waals surface area contributed by atoms with Crippen molar-refractivity contribution in [1.82, 2.24) is 19.6 Å². The molecule has 1 N–H and O–H groups in total. The number of anilines is 1. The maximum Gasteiger partial charge on any atom is 0.323 e. The number of likely N-dealkylation sites (tertiary alicyclic amines) is 1. The summed E-state index contributed by atoms with van der Waals surface area (Å²) in [4.78, 5) is 28.1. The smallest absolute Gasteiger partial charge is 0.323 e. The molecule has 2 atom stereocenters. The van der Waals surface area contributed by atoms with Gasteiger partial charge in [-0.1, -0.05) is 6.08 Å². The zero-order chi connectivity index (χ0) is 17.8. The summed E-state index contributed by atoms with van der Waals surface area (Å²) in [5, 5.41) is 7.15. The van der Waals surface area contributed by atoms with Gasteiger partial charge in [0.05, 0.1) is 12.8 Å². The van der Waals surface area contributed by atoms with E-state index in [1.54, 1.807) is 35.0 Å². The molecule has 8 heteroatoms. The van der Waals surface area contributed by atoms with Crippen LogP contribution in [0.4, 0.5) is 10.6 Å². The second kappa shape index (κ2) is 7.69. The summed E-state index contributed by atoms with van der Waals surface area (Å²) < 4.78 is 7.17. The number of nitrogens with one attached hydrogen (secondary N) is 1. The highest BCUT2D eigenvalue weighted by Gasteiger charge is 2.36. The Labute approximate surface area is 147 Å². The second-order valence-corrected chi connectivity index (χ2v) is 6.55. The largest absolute Gasteiger partial charge is 0.381 e. The lowest BCUT2D eigenvalue weighted by Crippen LogP contribution is -2.45. The molecule has 1 aromatic rings. The molecule has 2 unspecified atom stereocenters. The standard InChI is InChI=1S/C17H25N5O3/c1-3-8-21-9-5-14(16(21)23)20(2)17(24)19-15-4-7-18-22(15)11-13-6-10-25-12-13/h3-4,7,13-14H,1,5-6,8-12H2,2H3,(H,19,24). The lowest BCUT2D eigenvalue weighted by atomic mass is 10.1. The first-order chi connectivity index (χ1) is 12.1. The van der Waals surface area contributed by atoms with Gasteiger partial charge in [0.2, 0.25) is 5.91 Å². The van der Waals surface area contributed by atoms with Gasteiger partial charge in [-0.2, -0.15) is 5.10 Å². The van der Waals surface area contributed by atoms with E-state index in [0.29, 0.717) is 37.8 Å². The number of ether oxygens (including phenoxy) is 1. The molecule has 0 radical (unpaired) electrons. The normalized spacial score (nSPS) is 23.1. The maximum absolute atomic E-state index is 12.6. The molecular formula is C17H25N5O3. The maximum atomic E-state index is 12.6. The van der Waals surface area contributed by atoms with Gasteiger partial charge in [0, 0.05) is 45.3 Å². The molecule has 2 fully saturated rings. The number of likely N-dealkylation sites (N-methyl/N-ethyl adjacent to an activating group) is 1. The van der Waals surface area contributed by atoms with Crippen LogP contribution in [0, 0.1) is 5.92 Å². The highest BCUT2D eigenvalue weighted by atomic mass is 16.5. The number of amides is 3. The number of hydrogen-bond acceptors (Lipinski definition) is 4. The Kier molecular flexibility index (Phi) is 5.37. The molecule has 8 nitrogen and oxygen atoms in total. The topological polar surface area (TPSA) is 79.7 Å². The van der Waals surface area contributed by atoms with Crippen LogP contribution in [0.3, 0.4) is 0 Å². The zero-order valence-corrected chi connectivity index (χ0v) is 14.6. The van der Waals surface area contributed by atoms with E-state index in [1.165, 1.54) is 4.90 Å². The minimum atomic E-state index is -0.431. The Hall–Kier alpha value is -2.35. The Balaban J connectivity index is 1.59. The SMILES string of the molecule is C=CCN1CCC(N(C)C(=O)Nc2ccnn2CC2CCOC2)C1=O. The number of carbonyl (C=O) groups is 2. The Morgan fingerprint density at radius 1 is 1.56 bits per heavy atom. The Morgan fingerprint density at radius 3 is 3.12 bits per heavy atom. The van der Waals surface area contributed by atoms with Crippen molar-refractivity contribution in [3.8, 4) is 0 Å². The van der Waals surface area contributed by atoms with Gasteiger partial charge in [0.15, 0.2) is 0 Å². The first-order valence-electron chi connectivity index (χ1n) is 8.63. The van der Waals surface area contributed by atoms with E-state index >= 15 is 0 Å². The van der Waals surface area contributed by atoms with Crippen LogP contribution in [0.15, 0.2) is 24.9 Å². The Bertz CT molecular complexity index is 638. The van der Waals surface area contributed by atoms with Gasteiger partial charge < -0.3 is 14.5 Å². The van der Waals surface area contributed by atoms with Crippen LogP contribution in [-0.2, 0) is 16.1 Å². The van der Waals surface area contributed by atoms with Crippen LogP contribution < -0.4 is 5.32 Å². The van der Waals surface area contributed by atoms with Crippen molar-refractivity contribution in [3.63, 3.8) is 0 Å². The van der Waals surface area contributed by atoms with E-state index in [4.69, 9.17) is 4.74 Å². The molecule has 0 saturated carbocycles. The van der Waals surface area contributed by atoms with Crippen LogP contribution >= 0.6 is 0 Å². The van der Waals surface area contributed by atoms with Gasteiger partial charge in [0.1, 0.15) is 11.9 Å². The summed E-state index contributed by atoms with van der Waals surface area (Å²) in [6.07, 6.45) is 5.00. The van der Waals surface area contributed by atoms with Gasteiger partial charge in [-0.3, -0.25) is 10.1 Å². The van der Waals surface area contributed by atoms with Gasteiger partial charge >= 0.3 is 6.03 Å². The fraction of sp³-hybridized carbons (Fsp3) is 0.588. The molecule has 136 valence electrons. The quantitative estimate of drug-likeness (QED) is 0.784. The number of carbonyl (C=O) groups excluding carboxylic acids is 2. The van der Waals surface area contributed by atoms with Crippen LogP contribution in [0.25, 0.3) is 0 Å². The van der Waals surface area contributed by atoms with Gasteiger partial charge in [-0.05, 0) is 12.8 Å². The monoisotopic (exact) mass is 347 g/mol. The highest BCUT2D eigenvalue weighted by Crippen LogP contribution is 2.19. The molecule has 2 aliphatic heterocycles. The minimum absolute atomic E-state index is 0.0332. The van der Waals surface area contributed by atoms with Crippen LogP contribution in [0.1, 0.15) is 12.8 Å². The number of hydrogen-bond donors (Lipinski definition) is 1. The zero-order valence-electron chi connectivity index (χ0n) is 14.6. The van der Waals surface area contributed by atoms with Crippen LogP contribution in [-0.4, -0.2) is 70.9 Å². The lowest BCUT2D eigenvalue weighted by molar-refractivity contribution is -0.130. The summed E-state index contributed by atoms with van der Waals surface area (Å²) >= 11 is 0. The van der Waals surface area contributed by atoms with E-state index in [9.17, 15) is 9.59 Å². The highest BCUT2D eigenvalue weighted by molar-refractivity contribution is 5.93. The predicted molar refractivity (Wildman–Crippen MR) is 93.1 cm³/mol. The van der Waals surface area contributed by atoms with Gasteiger partial charge in [-0.15, -0.1) is 6.58 Å². The van der Waals surface area contributed by atoms with E-state index in [-0.39, 0.29) is 11.9 Å². The predicted octanol–water partition coefficient (Wildman–Crippen LogP) is 1.17. The summed E-state index contributed by atoms with van der Waals surface area (Å²) in [6.45, 7) is 7.03.